The molecule has 5 aliphatic rings. The van der Waals surface area contributed by atoms with E-state index in [2.05, 4.69) is 34.6 Å². The maximum Gasteiger partial charge on any atom is 0.100 e. The van der Waals surface area contributed by atoms with Crippen LogP contribution in [0.4, 0.5) is 0 Å². The largest absolute Gasteiger partial charge is 0.365 e. The lowest BCUT2D eigenvalue weighted by Gasteiger charge is -2.59. The average molecular weight is 387 g/mol. The van der Waals surface area contributed by atoms with E-state index in [-0.39, 0.29) is 0 Å². The molecule has 0 N–H and O–H groups in total. The molecule has 9 atom stereocenters. The van der Waals surface area contributed by atoms with Gasteiger partial charge in [0, 0.05) is 5.41 Å². The predicted molar refractivity (Wildman–Crippen MR) is 117 cm³/mol. The minimum absolute atomic E-state index is 0.322. The fourth-order valence-electron chi connectivity index (χ4n) is 9.74. The second-order valence-electron chi connectivity index (χ2n) is 12.8. The summed E-state index contributed by atoms with van der Waals surface area (Å²) in [6.45, 7) is 12.8. The summed E-state index contributed by atoms with van der Waals surface area (Å²) < 4.78 is 6.60. The molecule has 0 bridgehead atoms. The van der Waals surface area contributed by atoms with Crippen LogP contribution in [-0.4, -0.2) is 11.7 Å². The molecule has 0 aromatic carbocycles. The average Bonchev–Trinajstić information content (AvgIpc) is 3.23. The maximum absolute atomic E-state index is 6.60. The SMILES string of the molecule is CC(C)CCC[C@H](C)[C@@H]1CC[C@@H]2[C@@H]3C[C@@H]4O[C@@]45CCCC[C@]5(C)[C@H]3CC[C@@]21C. The Kier molecular flexibility index (Phi) is 4.78. The van der Waals surface area contributed by atoms with Gasteiger partial charge in [-0.1, -0.05) is 66.7 Å². The van der Waals surface area contributed by atoms with Gasteiger partial charge in [-0.2, -0.15) is 0 Å². The molecule has 4 saturated carbocycles. The molecule has 1 spiro atoms. The molecule has 0 radical (unpaired) electrons. The van der Waals surface area contributed by atoms with Crippen molar-refractivity contribution in [2.75, 3.05) is 0 Å². The van der Waals surface area contributed by atoms with Crippen LogP contribution < -0.4 is 0 Å². The van der Waals surface area contributed by atoms with E-state index in [4.69, 9.17) is 4.74 Å². The molecule has 0 unspecified atom stereocenters. The third kappa shape index (κ3) is 2.66. The Morgan fingerprint density at radius 3 is 2.46 bits per heavy atom. The Morgan fingerprint density at radius 2 is 1.68 bits per heavy atom. The molecule has 0 aromatic heterocycles. The summed E-state index contributed by atoms with van der Waals surface area (Å²) in [5, 5.41) is 0. The van der Waals surface area contributed by atoms with Crippen molar-refractivity contribution < 1.29 is 4.74 Å². The Morgan fingerprint density at radius 1 is 0.893 bits per heavy atom. The quantitative estimate of drug-likeness (QED) is 0.442. The first-order valence-electron chi connectivity index (χ1n) is 13.0. The van der Waals surface area contributed by atoms with Crippen molar-refractivity contribution in [3.8, 4) is 0 Å². The van der Waals surface area contributed by atoms with E-state index in [0.29, 0.717) is 22.5 Å². The normalized spacial score (nSPS) is 53.1. The smallest absolute Gasteiger partial charge is 0.100 e. The van der Waals surface area contributed by atoms with Gasteiger partial charge in [0.2, 0.25) is 0 Å². The number of fused-ring (bicyclic) bond motifs is 4. The molecule has 160 valence electrons. The highest BCUT2D eigenvalue weighted by Gasteiger charge is 2.75. The number of hydrogen-bond donors (Lipinski definition) is 0. The van der Waals surface area contributed by atoms with Gasteiger partial charge in [-0.05, 0) is 85.9 Å². The third-order valence-electron chi connectivity index (χ3n) is 11.2. The molecular formula is C27H46O. The molecular weight excluding hydrogens is 340 g/mol. The number of epoxide rings is 1. The van der Waals surface area contributed by atoms with E-state index in [1.54, 1.807) is 0 Å². The van der Waals surface area contributed by atoms with Gasteiger partial charge in [-0.15, -0.1) is 0 Å². The van der Waals surface area contributed by atoms with E-state index in [9.17, 15) is 0 Å². The van der Waals surface area contributed by atoms with Crippen LogP contribution in [0.15, 0.2) is 0 Å². The van der Waals surface area contributed by atoms with E-state index >= 15 is 0 Å². The number of rotatable bonds is 5. The summed E-state index contributed by atoms with van der Waals surface area (Å²) in [7, 11) is 0. The highest BCUT2D eigenvalue weighted by molar-refractivity contribution is 5.23. The minimum Gasteiger partial charge on any atom is -0.365 e. The van der Waals surface area contributed by atoms with Crippen molar-refractivity contribution in [2.24, 2.45) is 46.3 Å². The number of hydrogen-bond acceptors (Lipinski definition) is 1. The van der Waals surface area contributed by atoms with Gasteiger partial charge >= 0.3 is 0 Å². The van der Waals surface area contributed by atoms with Gasteiger partial charge < -0.3 is 4.74 Å². The second-order valence-corrected chi connectivity index (χ2v) is 12.8. The molecule has 5 fully saturated rings. The Hall–Kier alpha value is -0.0400. The lowest BCUT2D eigenvalue weighted by molar-refractivity contribution is -0.100. The van der Waals surface area contributed by atoms with Crippen LogP contribution in [0.2, 0.25) is 0 Å². The standard InChI is InChI=1S/C27H46O/c1-18(2)9-8-10-19(3)21-11-12-22-20-17-24-27(28-24)15-7-6-14-26(27,5)23(20)13-16-25(21,22)4/h18-24H,6-17H2,1-5H3/t19-,20-,21-,22+,23-,24-,25+,26+,27-/m0/s1. The van der Waals surface area contributed by atoms with Crippen LogP contribution in [0.1, 0.15) is 112 Å². The van der Waals surface area contributed by atoms with Gasteiger partial charge in [0.25, 0.3) is 0 Å². The molecule has 0 aromatic rings. The van der Waals surface area contributed by atoms with E-state index in [1.807, 2.05) is 0 Å². The fourth-order valence-corrected chi connectivity index (χ4v) is 9.74. The zero-order valence-corrected chi connectivity index (χ0v) is 19.4. The highest BCUT2D eigenvalue weighted by atomic mass is 16.6. The number of ether oxygens (including phenoxy) is 1. The van der Waals surface area contributed by atoms with Crippen molar-refractivity contribution in [2.45, 2.75) is 123 Å². The first-order valence-corrected chi connectivity index (χ1v) is 13.0. The summed E-state index contributed by atoms with van der Waals surface area (Å²) in [6.07, 6.45) is 18.1. The van der Waals surface area contributed by atoms with Crippen LogP contribution in [0.25, 0.3) is 0 Å². The molecule has 28 heavy (non-hydrogen) atoms. The zero-order chi connectivity index (χ0) is 19.7. The van der Waals surface area contributed by atoms with Gasteiger partial charge in [0.05, 0.1) is 6.10 Å². The van der Waals surface area contributed by atoms with Gasteiger partial charge in [0.15, 0.2) is 0 Å². The van der Waals surface area contributed by atoms with E-state index < -0.39 is 0 Å². The summed E-state index contributed by atoms with van der Waals surface area (Å²) in [5.41, 5.74) is 1.45. The Balaban J connectivity index is 1.33. The van der Waals surface area contributed by atoms with Gasteiger partial charge in [0.1, 0.15) is 5.60 Å². The van der Waals surface area contributed by atoms with Crippen molar-refractivity contribution >= 4 is 0 Å². The molecule has 1 heteroatoms. The first kappa shape index (κ1) is 19.9. The van der Waals surface area contributed by atoms with E-state index in [1.165, 1.54) is 77.0 Å². The predicted octanol–water partition coefficient (Wildman–Crippen LogP) is 7.63. The zero-order valence-electron chi connectivity index (χ0n) is 19.4. The summed E-state index contributed by atoms with van der Waals surface area (Å²) in [5.74, 6) is 5.69. The molecule has 1 aliphatic heterocycles. The Bertz CT molecular complexity index is 597. The van der Waals surface area contributed by atoms with Crippen LogP contribution in [0.3, 0.4) is 0 Å². The monoisotopic (exact) mass is 386 g/mol. The molecule has 1 saturated heterocycles. The van der Waals surface area contributed by atoms with E-state index in [0.717, 1.165) is 35.5 Å². The lowest BCUT2D eigenvalue weighted by atomic mass is 9.44. The summed E-state index contributed by atoms with van der Waals surface area (Å²) in [4.78, 5) is 0. The highest BCUT2D eigenvalue weighted by Crippen LogP contribution is 2.74. The molecule has 1 nitrogen and oxygen atoms in total. The minimum atomic E-state index is 0.322. The van der Waals surface area contributed by atoms with Crippen LogP contribution in [0, 0.1) is 46.3 Å². The van der Waals surface area contributed by atoms with Crippen LogP contribution in [0.5, 0.6) is 0 Å². The van der Waals surface area contributed by atoms with Crippen LogP contribution >= 0.6 is 0 Å². The summed E-state index contributed by atoms with van der Waals surface area (Å²) >= 11 is 0. The molecule has 5 rings (SSSR count). The topological polar surface area (TPSA) is 12.5 Å². The van der Waals surface area contributed by atoms with Crippen LogP contribution in [-0.2, 0) is 4.74 Å². The summed E-state index contributed by atoms with van der Waals surface area (Å²) in [6, 6.07) is 0. The molecule has 4 aliphatic carbocycles. The van der Waals surface area contributed by atoms with Crippen molar-refractivity contribution in [3.05, 3.63) is 0 Å². The van der Waals surface area contributed by atoms with Crippen molar-refractivity contribution in [1.29, 1.82) is 0 Å². The van der Waals surface area contributed by atoms with Gasteiger partial charge in [-0.3, -0.25) is 0 Å². The maximum atomic E-state index is 6.60. The fraction of sp³-hybridized carbons (Fsp3) is 1.00. The first-order chi connectivity index (χ1) is 13.3. The molecule has 1 heterocycles. The Labute approximate surface area is 174 Å². The molecule has 0 amide bonds. The van der Waals surface area contributed by atoms with Crippen molar-refractivity contribution in [3.63, 3.8) is 0 Å². The second kappa shape index (κ2) is 6.73. The van der Waals surface area contributed by atoms with Gasteiger partial charge in [-0.25, -0.2) is 0 Å². The lowest BCUT2D eigenvalue weighted by Crippen LogP contribution is -2.57. The third-order valence-corrected chi connectivity index (χ3v) is 11.2. The van der Waals surface area contributed by atoms with Crippen molar-refractivity contribution in [1.82, 2.24) is 0 Å².